The fourth-order valence-electron chi connectivity index (χ4n) is 1.96. The first kappa shape index (κ1) is 13.8. The number of halogens is 1. The van der Waals surface area contributed by atoms with Gasteiger partial charge in [0.25, 0.3) is 0 Å². The smallest absolute Gasteiger partial charge is 0.315 e. The van der Waals surface area contributed by atoms with Crippen molar-refractivity contribution in [1.29, 1.82) is 0 Å². The molecule has 2 amide bonds. The Morgan fingerprint density at radius 2 is 2.11 bits per heavy atom. The molecule has 1 aromatic carbocycles. The number of benzene rings is 1. The van der Waals surface area contributed by atoms with Crippen molar-refractivity contribution in [2.24, 2.45) is 0 Å². The average molecular weight is 286 g/mol. The van der Waals surface area contributed by atoms with Crippen molar-refractivity contribution in [1.82, 2.24) is 10.6 Å². The molecule has 5 nitrogen and oxygen atoms in total. The summed E-state index contributed by atoms with van der Waals surface area (Å²) in [5, 5.41) is 5.08. The summed E-state index contributed by atoms with van der Waals surface area (Å²) in [6.07, 6.45) is 0.426. The summed E-state index contributed by atoms with van der Waals surface area (Å²) >= 11 is 0. The number of carbonyl (C=O) groups excluding carboxylic acids is 1. The Hall–Kier alpha value is -1.63. The number of sulfone groups is 1. The Balaban J connectivity index is 1.81. The zero-order valence-corrected chi connectivity index (χ0v) is 11.0. The number of hydrogen-bond acceptors (Lipinski definition) is 3. The molecule has 7 heteroatoms. The van der Waals surface area contributed by atoms with Crippen LogP contribution in [0.3, 0.4) is 0 Å². The van der Waals surface area contributed by atoms with Gasteiger partial charge in [-0.2, -0.15) is 0 Å². The van der Waals surface area contributed by atoms with Gasteiger partial charge in [0, 0.05) is 18.2 Å². The predicted octanol–water partition coefficient (Wildman–Crippen LogP) is 0.812. The molecule has 0 spiro atoms. The first-order valence-corrected chi connectivity index (χ1v) is 7.76. The molecule has 1 heterocycles. The number of amides is 2. The molecule has 1 saturated heterocycles. The third-order valence-corrected chi connectivity index (χ3v) is 4.73. The van der Waals surface area contributed by atoms with E-state index in [1.807, 2.05) is 0 Å². The zero-order valence-electron chi connectivity index (χ0n) is 10.2. The first-order chi connectivity index (χ1) is 8.96. The third-order valence-electron chi connectivity index (χ3n) is 2.96. The highest BCUT2D eigenvalue weighted by molar-refractivity contribution is 7.91. The third kappa shape index (κ3) is 3.92. The van der Waals surface area contributed by atoms with Crippen LogP contribution in [0, 0.1) is 5.82 Å². The highest BCUT2D eigenvalue weighted by atomic mass is 32.2. The molecule has 1 aliphatic heterocycles. The zero-order chi connectivity index (χ0) is 13.9. The van der Waals surface area contributed by atoms with Gasteiger partial charge in [-0.05, 0) is 12.5 Å². The Morgan fingerprint density at radius 3 is 2.74 bits per heavy atom. The van der Waals surface area contributed by atoms with Crippen LogP contribution < -0.4 is 10.6 Å². The van der Waals surface area contributed by atoms with Crippen LogP contribution in [0.25, 0.3) is 0 Å². The highest BCUT2D eigenvalue weighted by Gasteiger charge is 2.28. The van der Waals surface area contributed by atoms with Gasteiger partial charge in [0.05, 0.1) is 11.5 Å². The molecule has 1 aliphatic rings. The molecule has 0 bridgehead atoms. The maximum absolute atomic E-state index is 13.3. The number of urea groups is 1. The van der Waals surface area contributed by atoms with Crippen molar-refractivity contribution in [3.63, 3.8) is 0 Å². The molecule has 1 aromatic rings. The normalized spacial score (nSPS) is 21.0. The van der Waals surface area contributed by atoms with Gasteiger partial charge in [-0.1, -0.05) is 18.2 Å². The van der Waals surface area contributed by atoms with E-state index in [1.54, 1.807) is 18.2 Å². The van der Waals surface area contributed by atoms with Crippen LogP contribution in [0.5, 0.6) is 0 Å². The van der Waals surface area contributed by atoms with Crippen LogP contribution >= 0.6 is 0 Å². The summed E-state index contributed by atoms with van der Waals surface area (Å²) in [6, 6.07) is 5.31. The molecule has 104 valence electrons. The van der Waals surface area contributed by atoms with Crippen molar-refractivity contribution in [2.75, 3.05) is 11.5 Å². The second-order valence-electron chi connectivity index (χ2n) is 4.52. The van der Waals surface area contributed by atoms with E-state index >= 15 is 0 Å². The van der Waals surface area contributed by atoms with Crippen LogP contribution in [-0.2, 0) is 16.4 Å². The second kappa shape index (κ2) is 5.56. The molecule has 2 N–H and O–H groups in total. The Kier molecular flexibility index (Phi) is 4.04. The van der Waals surface area contributed by atoms with Gasteiger partial charge in [0.2, 0.25) is 0 Å². The van der Waals surface area contributed by atoms with Gasteiger partial charge in [0.1, 0.15) is 5.82 Å². The summed E-state index contributed by atoms with van der Waals surface area (Å²) < 4.78 is 35.7. The largest absolute Gasteiger partial charge is 0.334 e. The Bertz CT molecular complexity index is 574. The van der Waals surface area contributed by atoms with E-state index in [0.29, 0.717) is 12.0 Å². The standard InChI is InChI=1S/C12H15FN2O3S/c13-11-4-2-1-3-9(11)7-14-12(16)15-10-5-6-19(17,18)8-10/h1-4,10H,5-8H2,(H2,14,15,16). The molecule has 1 fully saturated rings. The number of rotatable bonds is 3. The van der Waals surface area contributed by atoms with Crippen LogP contribution in [0.15, 0.2) is 24.3 Å². The Morgan fingerprint density at radius 1 is 1.37 bits per heavy atom. The molecule has 0 aromatic heterocycles. The maximum Gasteiger partial charge on any atom is 0.315 e. The van der Waals surface area contributed by atoms with E-state index < -0.39 is 15.9 Å². The second-order valence-corrected chi connectivity index (χ2v) is 6.75. The molecule has 1 unspecified atom stereocenters. The van der Waals surface area contributed by atoms with Gasteiger partial charge in [-0.15, -0.1) is 0 Å². The van der Waals surface area contributed by atoms with Crippen molar-refractivity contribution in [3.05, 3.63) is 35.6 Å². The monoisotopic (exact) mass is 286 g/mol. The quantitative estimate of drug-likeness (QED) is 0.863. The van der Waals surface area contributed by atoms with Gasteiger partial charge in [-0.3, -0.25) is 0 Å². The predicted molar refractivity (Wildman–Crippen MR) is 68.8 cm³/mol. The van der Waals surface area contributed by atoms with E-state index in [2.05, 4.69) is 10.6 Å². The number of hydrogen-bond donors (Lipinski definition) is 2. The summed E-state index contributed by atoms with van der Waals surface area (Å²) in [6.45, 7) is 0.0674. The molecular formula is C12H15FN2O3S. The van der Waals surface area contributed by atoms with Gasteiger partial charge < -0.3 is 10.6 Å². The van der Waals surface area contributed by atoms with Crippen LogP contribution in [0.1, 0.15) is 12.0 Å². The molecule has 1 atom stereocenters. The van der Waals surface area contributed by atoms with Crippen molar-refractivity contribution >= 4 is 15.9 Å². The summed E-state index contributed by atoms with van der Waals surface area (Å²) in [5.41, 5.74) is 0.386. The van der Waals surface area contributed by atoms with E-state index in [-0.39, 0.29) is 29.9 Å². The van der Waals surface area contributed by atoms with E-state index in [9.17, 15) is 17.6 Å². The lowest BCUT2D eigenvalue weighted by atomic mass is 10.2. The fraction of sp³-hybridized carbons (Fsp3) is 0.417. The minimum absolute atomic E-state index is 0.0277. The molecule has 0 aliphatic carbocycles. The molecule has 19 heavy (non-hydrogen) atoms. The lowest BCUT2D eigenvalue weighted by molar-refractivity contribution is 0.237. The Labute approximate surface area is 111 Å². The molecular weight excluding hydrogens is 271 g/mol. The number of nitrogens with one attached hydrogen (secondary N) is 2. The topological polar surface area (TPSA) is 75.3 Å². The molecule has 0 saturated carbocycles. The summed E-state index contributed by atoms with van der Waals surface area (Å²) in [4.78, 5) is 11.6. The van der Waals surface area contributed by atoms with Crippen LogP contribution in [-0.4, -0.2) is 32.0 Å². The lowest BCUT2D eigenvalue weighted by Crippen LogP contribution is -2.42. The number of carbonyl (C=O) groups is 1. The minimum atomic E-state index is -3.02. The van der Waals surface area contributed by atoms with E-state index in [0.717, 1.165) is 0 Å². The van der Waals surface area contributed by atoms with Crippen molar-refractivity contribution in [2.45, 2.75) is 19.0 Å². The summed E-state index contributed by atoms with van der Waals surface area (Å²) in [5.74, 6) is -0.308. The molecule has 2 rings (SSSR count). The lowest BCUT2D eigenvalue weighted by Gasteiger charge is -2.12. The average Bonchev–Trinajstić information content (AvgIpc) is 2.67. The maximum atomic E-state index is 13.3. The SMILES string of the molecule is O=C(NCc1ccccc1F)NC1CCS(=O)(=O)C1. The minimum Gasteiger partial charge on any atom is -0.334 e. The van der Waals surface area contributed by atoms with Gasteiger partial charge >= 0.3 is 6.03 Å². The highest BCUT2D eigenvalue weighted by Crippen LogP contribution is 2.11. The van der Waals surface area contributed by atoms with E-state index in [4.69, 9.17) is 0 Å². The van der Waals surface area contributed by atoms with Crippen molar-refractivity contribution < 1.29 is 17.6 Å². The van der Waals surface area contributed by atoms with E-state index in [1.165, 1.54) is 6.07 Å². The molecule has 0 radical (unpaired) electrons. The first-order valence-electron chi connectivity index (χ1n) is 5.94. The van der Waals surface area contributed by atoms with Crippen LogP contribution in [0.2, 0.25) is 0 Å². The van der Waals surface area contributed by atoms with Gasteiger partial charge in [0.15, 0.2) is 9.84 Å². The fourth-order valence-corrected chi connectivity index (χ4v) is 3.64. The van der Waals surface area contributed by atoms with Crippen molar-refractivity contribution in [3.8, 4) is 0 Å². The van der Waals surface area contributed by atoms with Crippen LogP contribution in [0.4, 0.5) is 9.18 Å². The summed E-state index contributed by atoms with van der Waals surface area (Å²) in [7, 11) is -3.02. The van der Waals surface area contributed by atoms with Gasteiger partial charge in [-0.25, -0.2) is 17.6 Å².